The second kappa shape index (κ2) is 5.60. The van der Waals surface area contributed by atoms with Crippen LogP contribution in [-0.2, 0) is 13.1 Å². The first-order chi connectivity index (χ1) is 8.69. The Kier molecular flexibility index (Phi) is 3.89. The average Bonchev–Trinajstić information content (AvgIpc) is 2.80. The van der Waals surface area contributed by atoms with Crippen molar-refractivity contribution in [3.63, 3.8) is 0 Å². The van der Waals surface area contributed by atoms with E-state index in [9.17, 15) is 9.18 Å². The average molecular weight is 247 g/mol. The molecule has 0 saturated heterocycles. The van der Waals surface area contributed by atoms with Crippen LogP contribution >= 0.6 is 0 Å². The number of aldehydes is 1. The molecule has 0 aliphatic heterocycles. The van der Waals surface area contributed by atoms with Crippen molar-refractivity contribution in [3.05, 3.63) is 59.3 Å². The molecule has 0 spiro atoms. The van der Waals surface area contributed by atoms with Gasteiger partial charge in [0.05, 0.1) is 6.54 Å². The van der Waals surface area contributed by atoms with Gasteiger partial charge < -0.3 is 4.42 Å². The van der Waals surface area contributed by atoms with Crippen LogP contribution < -0.4 is 0 Å². The molecule has 0 fully saturated rings. The molecule has 2 aromatic rings. The molecule has 0 saturated carbocycles. The molecule has 0 bridgehead atoms. The Morgan fingerprint density at radius 2 is 2.00 bits per heavy atom. The Balaban J connectivity index is 1.98. The van der Waals surface area contributed by atoms with Crippen molar-refractivity contribution in [3.8, 4) is 0 Å². The highest BCUT2D eigenvalue weighted by molar-refractivity contribution is 5.70. The van der Waals surface area contributed by atoms with E-state index in [0.717, 1.165) is 0 Å². The third-order valence-electron chi connectivity index (χ3n) is 2.62. The summed E-state index contributed by atoms with van der Waals surface area (Å²) < 4.78 is 18.7. The van der Waals surface area contributed by atoms with E-state index in [1.54, 1.807) is 24.3 Å². The van der Waals surface area contributed by atoms with E-state index < -0.39 is 0 Å². The van der Waals surface area contributed by atoms with Gasteiger partial charge in [-0.05, 0) is 25.2 Å². The van der Waals surface area contributed by atoms with E-state index >= 15 is 0 Å². The van der Waals surface area contributed by atoms with Gasteiger partial charge in [0, 0.05) is 12.1 Å². The van der Waals surface area contributed by atoms with Gasteiger partial charge in [-0.2, -0.15) is 0 Å². The molecule has 3 nitrogen and oxygen atoms in total. The van der Waals surface area contributed by atoms with Gasteiger partial charge in [0.15, 0.2) is 12.0 Å². The third kappa shape index (κ3) is 3.05. The molecular formula is C14H14FNO2. The summed E-state index contributed by atoms with van der Waals surface area (Å²) >= 11 is 0. The first-order valence-electron chi connectivity index (χ1n) is 5.65. The highest BCUT2D eigenvalue weighted by atomic mass is 19.1. The quantitative estimate of drug-likeness (QED) is 0.762. The largest absolute Gasteiger partial charge is 0.457 e. The molecular weight excluding hydrogens is 233 g/mol. The van der Waals surface area contributed by atoms with Crippen LogP contribution in [0.3, 0.4) is 0 Å². The monoisotopic (exact) mass is 247 g/mol. The molecule has 1 aromatic heterocycles. The molecule has 0 amide bonds. The lowest BCUT2D eigenvalue weighted by atomic mass is 10.2. The maximum Gasteiger partial charge on any atom is 0.185 e. The van der Waals surface area contributed by atoms with E-state index in [-0.39, 0.29) is 5.82 Å². The van der Waals surface area contributed by atoms with Gasteiger partial charge in [-0.15, -0.1) is 0 Å². The van der Waals surface area contributed by atoms with Crippen molar-refractivity contribution >= 4 is 6.29 Å². The van der Waals surface area contributed by atoms with Crippen molar-refractivity contribution in [2.75, 3.05) is 7.05 Å². The van der Waals surface area contributed by atoms with E-state index in [1.165, 1.54) is 6.07 Å². The highest BCUT2D eigenvalue weighted by Gasteiger charge is 2.08. The lowest BCUT2D eigenvalue weighted by Crippen LogP contribution is -2.17. The standard InChI is InChI=1S/C14H14FNO2/c1-16(8-11-4-2-3-5-14(11)15)9-12-6-7-13(10-17)18-12/h2-7,10H,8-9H2,1H3. The second-order valence-electron chi connectivity index (χ2n) is 4.19. The van der Waals surface area contributed by atoms with Crippen LogP contribution in [0.5, 0.6) is 0 Å². The zero-order valence-corrected chi connectivity index (χ0v) is 10.1. The first kappa shape index (κ1) is 12.5. The number of hydrogen-bond donors (Lipinski definition) is 0. The van der Waals surface area contributed by atoms with Gasteiger partial charge in [-0.3, -0.25) is 9.69 Å². The Hall–Kier alpha value is -1.94. The zero-order chi connectivity index (χ0) is 13.0. The Morgan fingerprint density at radius 1 is 1.22 bits per heavy atom. The SMILES string of the molecule is CN(Cc1ccc(C=O)o1)Cc1ccccc1F. The van der Waals surface area contributed by atoms with Crippen LogP contribution in [-0.4, -0.2) is 18.2 Å². The lowest BCUT2D eigenvalue weighted by Gasteiger charge is -2.15. The number of nitrogens with zero attached hydrogens (tertiary/aromatic N) is 1. The highest BCUT2D eigenvalue weighted by Crippen LogP contribution is 2.12. The van der Waals surface area contributed by atoms with Crippen LogP contribution in [0.1, 0.15) is 21.9 Å². The summed E-state index contributed by atoms with van der Waals surface area (Å²) in [5, 5.41) is 0. The number of benzene rings is 1. The number of hydrogen-bond acceptors (Lipinski definition) is 3. The minimum absolute atomic E-state index is 0.211. The number of furan rings is 1. The van der Waals surface area contributed by atoms with E-state index in [1.807, 2.05) is 18.0 Å². The fourth-order valence-electron chi connectivity index (χ4n) is 1.78. The fraction of sp³-hybridized carbons (Fsp3) is 0.214. The fourth-order valence-corrected chi connectivity index (χ4v) is 1.78. The molecule has 1 aromatic carbocycles. The molecule has 0 aliphatic carbocycles. The summed E-state index contributed by atoms with van der Waals surface area (Å²) in [6.07, 6.45) is 0.667. The summed E-state index contributed by atoms with van der Waals surface area (Å²) in [4.78, 5) is 12.4. The number of carbonyl (C=O) groups is 1. The van der Waals surface area contributed by atoms with Crippen LogP contribution in [0.15, 0.2) is 40.8 Å². The van der Waals surface area contributed by atoms with Crippen molar-refractivity contribution in [2.45, 2.75) is 13.1 Å². The van der Waals surface area contributed by atoms with Crippen molar-refractivity contribution in [1.29, 1.82) is 0 Å². The molecule has 1 heterocycles. The summed E-state index contributed by atoms with van der Waals surface area (Å²) in [6.45, 7) is 1.02. The van der Waals surface area contributed by atoms with Gasteiger partial charge in [-0.1, -0.05) is 18.2 Å². The minimum Gasteiger partial charge on any atom is -0.457 e. The van der Waals surface area contributed by atoms with Gasteiger partial charge in [-0.25, -0.2) is 4.39 Å². The van der Waals surface area contributed by atoms with Gasteiger partial charge >= 0.3 is 0 Å². The number of carbonyl (C=O) groups excluding carboxylic acids is 1. The molecule has 4 heteroatoms. The molecule has 0 atom stereocenters. The van der Waals surface area contributed by atoms with Gasteiger partial charge in [0.2, 0.25) is 0 Å². The summed E-state index contributed by atoms with van der Waals surface area (Å²) in [5.41, 5.74) is 0.641. The maximum atomic E-state index is 13.5. The predicted molar refractivity (Wildman–Crippen MR) is 65.7 cm³/mol. The molecule has 0 aliphatic rings. The zero-order valence-electron chi connectivity index (χ0n) is 10.1. The van der Waals surface area contributed by atoms with Gasteiger partial charge in [0.25, 0.3) is 0 Å². The van der Waals surface area contributed by atoms with Crippen LogP contribution in [0.25, 0.3) is 0 Å². The summed E-state index contributed by atoms with van der Waals surface area (Å²) in [7, 11) is 1.87. The normalized spacial score (nSPS) is 10.8. The molecule has 2 rings (SSSR count). The smallest absolute Gasteiger partial charge is 0.185 e. The Morgan fingerprint density at radius 3 is 2.67 bits per heavy atom. The first-order valence-corrected chi connectivity index (χ1v) is 5.65. The molecule has 0 radical (unpaired) electrons. The van der Waals surface area contributed by atoms with Crippen molar-refractivity contribution < 1.29 is 13.6 Å². The third-order valence-corrected chi connectivity index (χ3v) is 2.62. The van der Waals surface area contributed by atoms with E-state index in [0.29, 0.717) is 36.5 Å². The summed E-state index contributed by atoms with van der Waals surface area (Å²) in [6, 6.07) is 10.1. The predicted octanol–water partition coefficient (Wildman–Crippen LogP) is 2.86. The summed E-state index contributed by atoms with van der Waals surface area (Å²) in [5.74, 6) is 0.789. The number of halogens is 1. The Bertz CT molecular complexity index is 536. The lowest BCUT2D eigenvalue weighted by molar-refractivity contribution is 0.109. The molecule has 94 valence electrons. The van der Waals surface area contributed by atoms with Crippen molar-refractivity contribution in [2.24, 2.45) is 0 Å². The number of rotatable bonds is 5. The second-order valence-corrected chi connectivity index (χ2v) is 4.19. The minimum atomic E-state index is -0.211. The molecule has 18 heavy (non-hydrogen) atoms. The molecule has 0 N–H and O–H groups in total. The van der Waals surface area contributed by atoms with Gasteiger partial charge in [0.1, 0.15) is 11.6 Å². The molecule has 0 unspecified atom stereocenters. The maximum absolute atomic E-state index is 13.5. The Labute approximate surface area is 105 Å². The van der Waals surface area contributed by atoms with Crippen LogP contribution in [0, 0.1) is 5.82 Å². The van der Waals surface area contributed by atoms with Crippen LogP contribution in [0.2, 0.25) is 0 Å². The van der Waals surface area contributed by atoms with Crippen molar-refractivity contribution in [1.82, 2.24) is 4.90 Å². The van der Waals surface area contributed by atoms with Crippen LogP contribution in [0.4, 0.5) is 4.39 Å². The van der Waals surface area contributed by atoms with E-state index in [2.05, 4.69) is 0 Å². The van der Waals surface area contributed by atoms with E-state index in [4.69, 9.17) is 4.42 Å². The topological polar surface area (TPSA) is 33.5 Å².